The molecule has 1 aliphatic carbocycles. The summed E-state index contributed by atoms with van der Waals surface area (Å²) >= 11 is 0. The van der Waals surface area contributed by atoms with Crippen molar-refractivity contribution in [3.63, 3.8) is 0 Å². The molecule has 0 spiro atoms. The number of ether oxygens (including phenoxy) is 1. The lowest BCUT2D eigenvalue weighted by molar-refractivity contribution is 0.0751. The molecule has 5 nitrogen and oxygen atoms in total. The summed E-state index contributed by atoms with van der Waals surface area (Å²) in [5, 5.41) is 12.6. The first-order chi connectivity index (χ1) is 8.24. The topological polar surface area (TPSA) is 71.9 Å². The van der Waals surface area contributed by atoms with E-state index in [0.29, 0.717) is 30.5 Å². The van der Waals surface area contributed by atoms with Gasteiger partial charge >= 0.3 is 0 Å². The SMILES string of the molecule is COC(c1noc(CC(C)CC#N)n1)C1CC1. The first-order valence-electron chi connectivity index (χ1n) is 5.96. The molecule has 0 aromatic carbocycles. The van der Waals surface area contributed by atoms with Gasteiger partial charge < -0.3 is 9.26 Å². The van der Waals surface area contributed by atoms with Gasteiger partial charge in [0, 0.05) is 20.0 Å². The second-order valence-corrected chi connectivity index (χ2v) is 4.71. The highest BCUT2D eigenvalue weighted by Crippen LogP contribution is 2.41. The van der Waals surface area contributed by atoms with E-state index < -0.39 is 0 Å². The molecule has 92 valence electrons. The summed E-state index contributed by atoms with van der Waals surface area (Å²) in [6.07, 6.45) is 3.48. The lowest BCUT2D eigenvalue weighted by atomic mass is 10.1. The Bertz CT molecular complexity index is 406. The first kappa shape index (κ1) is 12.1. The maximum absolute atomic E-state index is 8.59. The van der Waals surface area contributed by atoms with Gasteiger partial charge in [-0.1, -0.05) is 12.1 Å². The molecule has 1 aromatic heterocycles. The van der Waals surface area contributed by atoms with Gasteiger partial charge in [0.1, 0.15) is 6.10 Å². The third-order valence-electron chi connectivity index (χ3n) is 3.01. The van der Waals surface area contributed by atoms with Crippen LogP contribution in [0.5, 0.6) is 0 Å². The molecule has 2 unspecified atom stereocenters. The lowest BCUT2D eigenvalue weighted by Gasteiger charge is -2.08. The highest BCUT2D eigenvalue weighted by molar-refractivity contribution is 4.98. The monoisotopic (exact) mass is 235 g/mol. The number of methoxy groups -OCH3 is 1. The van der Waals surface area contributed by atoms with Crippen molar-refractivity contribution in [1.29, 1.82) is 5.26 Å². The van der Waals surface area contributed by atoms with Crippen LogP contribution in [0, 0.1) is 23.2 Å². The summed E-state index contributed by atoms with van der Waals surface area (Å²) in [5.74, 6) is 2.04. The van der Waals surface area contributed by atoms with Gasteiger partial charge in [0.25, 0.3) is 0 Å². The number of nitriles is 1. The van der Waals surface area contributed by atoms with Crippen LogP contribution in [0.15, 0.2) is 4.52 Å². The van der Waals surface area contributed by atoms with Crippen molar-refractivity contribution in [3.8, 4) is 6.07 Å². The van der Waals surface area contributed by atoms with Crippen LogP contribution in [0.25, 0.3) is 0 Å². The maximum atomic E-state index is 8.59. The number of nitrogens with zero attached hydrogens (tertiary/aromatic N) is 3. The first-order valence-corrected chi connectivity index (χ1v) is 5.96. The molecule has 17 heavy (non-hydrogen) atoms. The van der Waals surface area contributed by atoms with Crippen molar-refractivity contribution in [3.05, 3.63) is 11.7 Å². The Hall–Kier alpha value is -1.41. The van der Waals surface area contributed by atoms with Crippen LogP contribution >= 0.6 is 0 Å². The Morgan fingerprint density at radius 3 is 2.94 bits per heavy atom. The second kappa shape index (κ2) is 5.28. The summed E-state index contributed by atoms with van der Waals surface area (Å²) in [6.45, 7) is 2.00. The number of hydrogen-bond acceptors (Lipinski definition) is 5. The zero-order chi connectivity index (χ0) is 12.3. The Balaban J connectivity index is 1.97. The molecule has 1 saturated carbocycles. The van der Waals surface area contributed by atoms with Crippen molar-refractivity contribution < 1.29 is 9.26 Å². The van der Waals surface area contributed by atoms with Crippen LogP contribution in [-0.4, -0.2) is 17.3 Å². The van der Waals surface area contributed by atoms with Crippen LogP contribution in [-0.2, 0) is 11.2 Å². The van der Waals surface area contributed by atoms with Crippen molar-refractivity contribution in [1.82, 2.24) is 10.1 Å². The molecule has 0 bridgehead atoms. The molecule has 0 amide bonds. The van der Waals surface area contributed by atoms with Crippen LogP contribution < -0.4 is 0 Å². The van der Waals surface area contributed by atoms with Crippen molar-refractivity contribution >= 4 is 0 Å². The third kappa shape index (κ3) is 3.04. The van der Waals surface area contributed by atoms with Gasteiger partial charge in [-0.25, -0.2) is 0 Å². The van der Waals surface area contributed by atoms with E-state index in [2.05, 4.69) is 16.2 Å². The summed E-state index contributed by atoms with van der Waals surface area (Å²) in [7, 11) is 1.68. The number of hydrogen-bond donors (Lipinski definition) is 0. The molecule has 1 heterocycles. The minimum absolute atomic E-state index is 0.0289. The molecule has 2 atom stereocenters. The molecule has 5 heteroatoms. The molecule has 0 aliphatic heterocycles. The second-order valence-electron chi connectivity index (χ2n) is 4.71. The van der Waals surface area contributed by atoms with Crippen LogP contribution in [0.2, 0.25) is 0 Å². The van der Waals surface area contributed by atoms with E-state index >= 15 is 0 Å². The molecule has 0 saturated heterocycles. The Morgan fingerprint density at radius 1 is 1.59 bits per heavy atom. The fourth-order valence-electron chi connectivity index (χ4n) is 1.90. The maximum Gasteiger partial charge on any atom is 0.227 e. The van der Waals surface area contributed by atoms with E-state index in [4.69, 9.17) is 14.5 Å². The van der Waals surface area contributed by atoms with Gasteiger partial charge in [0.05, 0.1) is 6.07 Å². The summed E-state index contributed by atoms with van der Waals surface area (Å²) in [4.78, 5) is 4.35. The predicted molar refractivity (Wildman–Crippen MR) is 59.9 cm³/mol. The standard InChI is InChI=1S/C12H17N3O2/c1-8(5-6-13)7-10-14-12(15-17-10)11(16-2)9-3-4-9/h8-9,11H,3-5,7H2,1-2H3. The largest absolute Gasteiger partial charge is 0.373 e. The van der Waals surface area contributed by atoms with Gasteiger partial charge in [-0.05, 0) is 24.7 Å². The summed E-state index contributed by atoms with van der Waals surface area (Å²) < 4.78 is 10.6. The third-order valence-corrected chi connectivity index (χ3v) is 3.01. The van der Waals surface area contributed by atoms with Gasteiger partial charge in [-0.15, -0.1) is 0 Å². The van der Waals surface area contributed by atoms with E-state index in [-0.39, 0.29) is 12.0 Å². The molecule has 1 fully saturated rings. The van der Waals surface area contributed by atoms with E-state index in [1.165, 1.54) is 12.8 Å². The number of rotatable bonds is 6. The highest BCUT2D eigenvalue weighted by atomic mass is 16.5. The molecular formula is C12H17N3O2. The molecule has 1 aromatic rings. The van der Waals surface area contributed by atoms with E-state index in [0.717, 1.165) is 0 Å². The average molecular weight is 235 g/mol. The average Bonchev–Trinajstić information content (AvgIpc) is 3.02. The number of aromatic nitrogens is 2. The summed E-state index contributed by atoms with van der Waals surface area (Å²) in [6, 6.07) is 2.14. The van der Waals surface area contributed by atoms with Crippen molar-refractivity contribution in [2.75, 3.05) is 7.11 Å². The normalized spacial score (nSPS) is 18.6. The highest BCUT2D eigenvalue weighted by Gasteiger charge is 2.35. The molecule has 2 rings (SSSR count). The van der Waals surface area contributed by atoms with Crippen molar-refractivity contribution in [2.24, 2.45) is 11.8 Å². The van der Waals surface area contributed by atoms with Gasteiger partial charge in [0.15, 0.2) is 0 Å². The quantitative estimate of drug-likeness (QED) is 0.756. The fraction of sp³-hybridized carbons (Fsp3) is 0.750. The predicted octanol–water partition coefficient (Wildman–Crippen LogP) is 2.26. The zero-order valence-electron chi connectivity index (χ0n) is 10.2. The molecule has 1 aliphatic rings. The molecular weight excluding hydrogens is 218 g/mol. The van der Waals surface area contributed by atoms with Crippen molar-refractivity contribution in [2.45, 2.75) is 38.7 Å². The van der Waals surface area contributed by atoms with Crippen LogP contribution in [0.1, 0.15) is 44.0 Å². The Morgan fingerprint density at radius 2 is 2.35 bits per heavy atom. The van der Waals surface area contributed by atoms with Gasteiger partial charge in [0.2, 0.25) is 11.7 Å². The van der Waals surface area contributed by atoms with Gasteiger partial charge in [-0.2, -0.15) is 10.2 Å². The molecule has 0 radical (unpaired) electrons. The summed E-state index contributed by atoms with van der Waals surface area (Å²) in [5.41, 5.74) is 0. The zero-order valence-corrected chi connectivity index (χ0v) is 10.2. The minimum Gasteiger partial charge on any atom is -0.373 e. The minimum atomic E-state index is -0.0289. The Kier molecular flexibility index (Phi) is 3.75. The van der Waals surface area contributed by atoms with E-state index in [9.17, 15) is 0 Å². The Labute approximate surface area is 101 Å². The molecule has 0 N–H and O–H groups in total. The fourth-order valence-corrected chi connectivity index (χ4v) is 1.90. The van der Waals surface area contributed by atoms with E-state index in [1.54, 1.807) is 7.11 Å². The van der Waals surface area contributed by atoms with Crippen LogP contribution in [0.3, 0.4) is 0 Å². The lowest BCUT2D eigenvalue weighted by Crippen LogP contribution is -2.06. The smallest absolute Gasteiger partial charge is 0.227 e. The van der Waals surface area contributed by atoms with Gasteiger partial charge in [-0.3, -0.25) is 0 Å². The van der Waals surface area contributed by atoms with E-state index in [1.807, 2.05) is 6.92 Å². The van der Waals surface area contributed by atoms with Crippen LogP contribution in [0.4, 0.5) is 0 Å².